The number of halogens is 1. The maximum Gasteiger partial charge on any atom is 0.280 e. The number of nitrogens with one attached hydrogen (secondary N) is 1. The normalized spacial score (nSPS) is 11.7. The van der Waals surface area contributed by atoms with Gasteiger partial charge in [-0.15, -0.1) is 0 Å². The van der Waals surface area contributed by atoms with Crippen molar-refractivity contribution in [1.82, 2.24) is 5.32 Å². The Kier molecular flexibility index (Phi) is 4.10. The minimum atomic E-state index is -0.911. The highest BCUT2D eigenvalue weighted by Crippen LogP contribution is 2.04. The van der Waals surface area contributed by atoms with Gasteiger partial charge in [0, 0.05) is 0 Å². The molecule has 0 radical (unpaired) electrons. The summed E-state index contributed by atoms with van der Waals surface area (Å²) in [6.45, 7) is 4.31. The number of allylic oxidation sites excluding steroid dienone is 1. The zero-order chi connectivity index (χ0) is 10.6. The molecule has 0 saturated carbocycles. The molecule has 1 atom stereocenters. The van der Waals surface area contributed by atoms with Crippen LogP contribution in [0.3, 0.4) is 0 Å². The Morgan fingerprint density at radius 2 is 1.85 bits per heavy atom. The van der Waals surface area contributed by atoms with E-state index in [0.29, 0.717) is 0 Å². The topological polar surface area (TPSA) is 72.2 Å². The molecule has 0 fully saturated rings. The van der Waals surface area contributed by atoms with E-state index < -0.39 is 23.7 Å². The summed E-state index contributed by atoms with van der Waals surface area (Å²) < 4.78 is 12.9. The molecule has 0 saturated heterocycles. The lowest BCUT2D eigenvalue weighted by Crippen LogP contribution is -2.42. The molecule has 0 unspecified atom stereocenters. The number of hydrogen-bond donors (Lipinski definition) is 2. The summed E-state index contributed by atoms with van der Waals surface area (Å²) in [5.74, 6) is -2.49. The monoisotopic (exact) mass is 188 g/mol. The number of hydrogen-bond acceptors (Lipinski definition) is 2. The van der Waals surface area contributed by atoms with E-state index in [0.717, 1.165) is 0 Å². The van der Waals surface area contributed by atoms with Gasteiger partial charge in [-0.25, -0.2) is 4.39 Å². The first-order valence-corrected chi connectivity index (χ1v) is 3.79. The van der Waals surface area contributed by atoms with Crippen molar-refractivity contribution in [2.24, 2.45) is 5.73 Å². The standard InChI is InChI=1S/C8H13FN2O2/c1-4(2)6(9)8(13)11-5(3)7(10)12/h5H,1-3H3,(H2,10,12)(H,11,13)/t5-/m1/s1. The molecule has 0 heterocycles. The molecule has 0 aromatic heterocycles. The van der Waals surface area contributed by atoms with E-state index in [1.54, 1.807) is 0 Å². The van der Waals surface area contributed by atoms with Crippen LogP contribution in [0.5, 0.6) is 0 Å². The summed E-state index contributed by atoms with van der Waals surface area (Å²) >= 11 is 0. The molecule has 5 heteroatoms. The van der Waals surface area contributed by atoms with E-state index in [-0.39, 0.29) is 5.57 Å². The van der Waals surface area contributed by atoms with Crippen molar-refractivity contribution in [2.75, 3.05) is 0 Å². The minimum absolute atomic E-state index is 0.258. The SMILES string of the molecule is CC(C)=C(F)C(=O)N[C@H](C)C(N)=O. The Labute approximate surface area is 76.0 Å². The number of primary amides is 1. The van der Waals surface area contributed by atoms with Gasteiger partial charge in [-0.2, -0.15) is 0 Å². The highest BCUT2D eigenvalue weighted by molar-refractivity contribution is 5.95. The Morgan fingerprint density at radius 3 is 2.15 bits per heavy atom. The summed E-state index contributed by atoms with van der Waals surface area (Å²) in [6, 6.07) is -0.863. The van der Waals surface area contributed by atoms with E-state index in [9.17, 15) is 14.0 Å². The quantitative estimate of drug-likeness (QED) is 0.623. The van der Waals surface area contributed by atoms with Crippen molar-refractivity contribution >= 4 is 11.8 Å². The molecule has 0 aromatic rings. The molecule has 0 bridgehead atoms. The molecule has 4 nitrogen and oxygen atoms in total. The van der Waals surface area contributed by atoms with Gasteiger partial charge in [0.15, 0.2) is 5.83 Å². The Bertz CT molecular complexity index is 257. The van der Waals surface area contributed by atoms with Crippen LogP contribution < -0.4 is 11.1 Å². The van der Waals surface area contributed by atoms with Crippen molar-refractivity contribution < 1.29 is 14.0 Å². The third-order valence-corrected chi connectivity index (χ3v) is 1.41. The number of carbonyl (C=O) groups excluding carboxylic acids is 2. The second-order valence-corrected chi connectivity index (χ2v) is 2.91. The Hall–Kier alpha value is -1.39. The fraction of sp³-hybridized carbons (Fsp3) is 0.500. The molecule has 0 aliphatic rings. The van der Waals surface area contributed by atoms with Crippen LogP contribution in [0.4, 0.5) is 4.39 Å². The number of rotatable bonds is 3. The van der Waals surface area contributed by atoms with E-state index >= 15 is 0 Å². The van der Waals surface area contributed by atoms with Gasteiger partial charge >= 0.3 is 0 Å². The van der Waals surface area contributed by atoms with Gasteiger partial charge in [0.1, 0.15) is 6.04 Å². The second kappa shape index (κ2) is 4.59. The smallest absolute Gasteiger partial charge is 0.280 e. The fourth-order valence-corrected chi connectivity index (χ4v) is 0.558. The van der Waals surface area contributed by atoms with Gasteiger partial charge < -0.3 is 11.1 Å². The minimum Gasteiger partial charge on any atom is -0.368 e. The van der Waals surface area contributed by atoms with E-state index in [1.807, 2.05) is 0 Å². The summed E-state index contributed by atoms with van der Waals surface area (Å²) in [7, 11) is 0. The predicted octanol–water partition coefficient (Wildman–Crippen LogP) is 0.240. The van der Waals surface area contributed by atoms with Crippen LogP contribution in [0.2, 0.25) is 0 Å². The van der Waals surface area contributed by atoms with Gasteiger partial charge in [0.2, 0.25) is 5.91 Å². The lowest BCUT2D eigenvalue weighted by molar-refractivity contribution is -0.125. The number of nitrogens with two attached hydrogens (primary N) is 1. The summed E-state index contributed by atoms with van der Waals surface area (Å²) in [6.07, 6.45) is 0. The first-order valence-electron chi connectivity index (χ1n) is 3.79. The highest BCUT2D eigenvalue weighted by Gasteiger charge is 2.16. The average molecular weight is 188 g/mol. The van der Waals surface area contributed by atoms with E-state index in [1.165, 1.54) is 20.8 Å². The first-order chi connectivity index (χ1) is 5.86. The molecule has 0 rings (SSSR count). The molecule has 2 amide bonds. The summed E-state index contributed by atoms with van der Waals surface area (Å²) in [5, 5.41) is 2.11. The Morgan fingerprint density at radius 1 is 1.38 bits per heavy atom. The van der Waals surface area contributed by atoms with Gasteiger partial charge in [-0.3, -0.25) is 9.59 Å². The second-order valence-electron chi connectivity index (χ2n) is 2.91. The van der Waals surface area contributed by atoms with Crippen molar-refractivity contribution in [3.8, 4) is 0 Å². The molecule has 13 heavy (non-hydrogen) atoms. The van der Waals surface area contributed by atoms with E-state index in [4.69, 9.17) is 5.73 Å². The van der Waals surface area contributed by atoms with Crippen molar-refractivity contribution in [2.45, 2.75) is 26.8 Å². The lowest BCUT2D eigenvalue weighted by Gasteiger charge is -2.08. The molecule has 0 spiro atoms. The average Bonchev–Trinajstić information content (AvgIpc) is 2.02. The van der Waals surface area contributed by atoms with Crippen LogP contribution in [-0.2, 0) is 9.59 Å². The predicted molar refractivity (Wildman–Crippen MR) is 46.3 cm³/mol. The molecule has 0 aromatic carbocycles. The Balaban J connectivity index is 4.33. The molecule has 0 aliphatic carbocycles. The van der Waals surface area contributed by atoms with Crippen LogP contribution in [-0.4, -0.2) is 17.9 Å². The largest absolute Gasteiger partial charge is 0.368 e. The zero-order valence-corrected chi connectivity index (χ0v) is 7.85. The van der Waals surface area contributed by atoms with Crippen LogP contribution >= 0.6 is 0 Å². The molecular formula is C8H13FN2O2. The van der Waals surface area contributed by atoms with Crippen molar-refractivity contribution in [3.05, 3.63) is 11.4 Å². The van der Waals surface area contributed by atoms with Crippen molar-refractivity contribution in [1.29, 1.82) is 0 Å². The number of carbonyl (C=O) groups is 2. The third kappa shape index (κ3) is 3.68. The first kappa shape index (κ1) is 11.6. The molecule has 0 aliphatic heterocycles. The molecule has 3 N–H and O–H groups in total. The van der Waals surface area contributed by atoms with Crippen LogP contribution in [0.1, 0.15) is 20.8 Å². The van der Waals surface area contributed by atoms with Gasteiger partial charge in [-0.1, -0.05) is 0 Å². The number of amides is 2. The summed E-state index contributed by atoms with van der Waals surface area (Å²) in [5.41, 5.74) is 5.13. The fourth-order valence-electron chi connectivity index (χ4n) is 0.558. The third-order valence-electron chi connectivity index (χ3n) is 1.41. The maximum absolute atomic E-state index is 12.9. The van der Waals surface area contributed by atoms with Crippen LogP contribution in [0, 0.1) is 0 Å². The van der Waals surface area contributed by atoms with Gasteiger partial charge in [0.25, 0.3) is 5.91 Å². The highest BCUT2D eigenvalue weighted by atomic mass is 19.1. The van der Waals surface area contributed by atoms with Crippen LogP contribution in [0.15, 0.2) is 11.4 Å². The van der Waals surface area contributed by atoms with E-state index in [2.05, 4.69) is 5.32 Å². The van der Waals surface area contributed by atoms with Gasteiger partial charge in [0.05, 0.1) is 0 Å². The molecular weight excluding hydrogens is 175 g/mol. The lowest BCUT2D eigenvalue weighted by atomic mass is 10.2. The van der Waals surface area contributed by atoms with Crippen molar-refractivity contribution in [3.63, 3.8) is 0 Å². The molecule has 74 valence electrons. The summed E-state index contributed by atoms with van der Waals surface area (Å²) in [4.78, 5) is 21.4. The van der Waals surface area contributed by atoms with Gasteiger partial charge in [-0.05, 0) is 26.3 Å². The maximum atomic E-state index is 12.9. The zero-order valence-electron chi connectivity index (χ0n) is 7.85. The van der Waals surface area contributed by atoms with Crippen LogP contribution in [0.25, 0.3) is 0 Å².